The highest BCUT2D eigenvalue weighted by Gasteiger charge is 2.22. The maximum absolute atomic E-state index is 12.4. The molecule has 0 spiro atoms. The molecule has 0 aliphatic carbocycles. The Hall–Kier alpha value is -2.39. The van der Waals surface area contributed by atoms with E-state index in [1.165, 1.54) is 0 Å². The summed E-state index contributed by atoms with van der Waals surface area (Å²) in [6.07, 6.45) is -0.608. The number of β-amino-alcohol motifs (C(OH)–C–C–N with tert-alkyl or cyclic N) is 1. The van der Waals surface area contributed by atoms with Gasteiger partial charge < -0.3 is 20.1 Å². The van der Waals surface area contributed by atoms with E-state index in [-0.39, 0.29) is 12.6 Å². The van der Waals surface area contributed by atoms with Crippen LogP contribution in [-0.2, 0) is 6.54 Å². The van der Waals surface area contributed by atoms with Gasteiger partial charge in [0.25, 0.3) is 0 Å². The zero-order chi connectivity index (χ0) is 22.5. The first-order chi connectivity index (χ1) is 15.5. The predicted molar refractivity (Wildman–Crippen MR) is 128 cm³/mol. The van der Waals surface area contributed by atoms with Crippen LogP contribution in [0.3, 0.4) is 0 Å². The molecule has 2 aromatic carbocycles. The smallest absolute Gasteiger partial charge is 0.317 e. The van der Waals surface area contributed by atoms with Crippen molar-refractivity contribution in [2.45, 2.75) is 19.6 Å². The predicted octanol–water partition coefficient (Wildman–Crippen LogP) is 3.53. The summed E-state index contributed by atoms with van der Waals surface area (Å²) in [6, 6.07) is 13.2. The Morgan fingerprint density at radius 1 is 1.25 bits per heavy atom. The zero-order valence-electron chi connectivity index (χ0n) is 18.0. The van der Waals surface area contributed by atoms with E-state index in [0.717, 1.165) is 20.8 Å². The molecule has 2 N–H and O–H groups in total. The van der Waals surface area contributed by atoms with Crippen molar-refractivity contribution in [3.05, 3.63) is 58.1 Å². The maximum Gasteiger partial charge on any atom is 0.317 e. The third kappa shape index (κ3) is 5.89. The normalized spacial score (nSPS) is 15.7. The lowest BCUT2D eigenvalue weighted by molar-refractivity contribution is 0.0516. The van der Waals surface area contributed by atoms with Gasteiger partial charge in [-0.2, -0.15) is 0 Å². The van der Waals surface area contributed by atoms with Crippen molar-refractivity contribution in [2.24, 2.45) is 0 Å². The Morgan fingerprint density at radius 2 is 2.03 bits per heavy atom. The molecule has 1 aromatic heterocycles. The number of carbonyl (C=O) groups excluding carboxylic acids is 1. The molecule has 1 fully saturated rings. The third-order valence-electron chi connectivity index (χ3n) is 5.42. The van der Waals surface area contributed by atoms with Gasteiger partial charge in [-0.25, -0.2) is 9.78 Å². The molecule has 0 bridgehead atoms. The molecular weight excluding hydrogens is 448 g/mol. The Kier molecular flexibility index (Phi) is 7.47. The molecule has 32 heavy (non-hydrogen) atoms. The fourth-order valence-corrected chi connectivity index (χ4v) is 4.72. The third-order valence-corrected chi connectivity index (χ3v) is 6.75. The molecule has 7 nitrogen and oxygen atoms in total. The first kappa shape index (κ1) is 22.8. The van der Waals surface area contributed by atoms with Crippen molar-refractivity contribution >= 4 is 39.2 Å². The number of aliphatic hydroxyl groups is 1. The maximum atomic E-state index is 12.4. The second-order valence-corrected chi connectivity index (χ2v) is 9.51. The lowest BCUT2D eigenvalue weighted by atomic mass is 10.2. The second-order valence-electron chi connectivity index (χ2n) is 7.87. The van der Waals surface area contributed by atoms with Gasteiger partial charge in [0.15, 0.2) is 0 Å². The first-order valence-corrected chi connectivity index (χ1v) is 11.8. The summed E-state index contributed by atoms with van der Waals surface area (Å²) in [5, 5.41) is 15.0. The van der Waals surface area contributed by atoms with E-state index in [0.29, 0.717) is 50.0 Å². The van der Waals surface area contributed by atoms with Crippen molar-refractivity contribution in [2.75, 3.05) is 39.3 Å². The summed E-state index contributed by atoms with van der Waals surface area (Å²) >= 11 is 7.80. The second kappa shape index (κ2) is 10.5. The number of nitrogens with zero attached hydrogens (tertiary/aromatic N) is 3. The average Bonchev–Trinajstić information content (AvgIpc) is 3.16. The number of hydrogen-bond acceptors (Lipinski definition) is 6. The Balaban J connectivity index is 1.17. The number of halogens is 1. The first-order valence-electron chi connectivity index (χ1n) is 10.6. The van der Waals surface area contributed by atoms with Crippen LogP contribution in [0.5, 0.6) is 5.75 Å². The van der Waals surface area contributed by atoms with E-state index >= 15 is 0 Å². The van der Waals surface area contributed by atoms with Crippen LogP contribution in [0.4, 0.5) is 4.79 Å². The van der Waals surface area contributed by atoms with Gasteiger partial charge in [-0.15, -0.1) is 11.3 Å². The Labute approximate surface area is 196 Å². The topological polar surface area (TPSA) is 77.9 Å². The summed E-state index contributed by atoms with van der Waals surface area (Å²) in [4.78, 5) is 20.9. The van der Waals surface area contributed by atoms with E-state index in [1.807, 2.05) is 49.4 Å². The van der Waals surface area contributed by atoms with Gasteiger partial charge in [0.2, 0.25) is 0 Å². The minimum Gasteiger partial charge on any atom is -0.491 e. The summed E-state index contributed by atoms with van der Waals surface area (Å²) in [5.41, 5.74) is 1.82. The number of rotatable bonds is 7. The molecule has 9 heteroatoms. The average molecular weight is 475 g/mol. The highest BCUT2D eigenvalue weighted by molar-refractivity contribution is 7.18. The molecule has 0 unspecified atom stereocenters. The molecule has 1 aliphatic rings. The number of aromatic nitrogens is 1. The summed E-state index contributed by atoms with van der Waals surface area (Å²) in [6.45, 7) is 5.75. The monoisotopic (exact) mass is 474 g/mol. The Morgan fingerprint density at radius 3 is 2.81 bits per heavy atom. The number of hydrogen-bond donors (Lipinski definition) is 2. The SMILES string of the molecule is Cc1nc2cc(OC[C@H](O)CN3CCN(C(=O)NCc4ccccc4Cl)CC3)ccc2s1. The van der Waals surface area contributed by atoms with E-state index in [9.17, 15) is 9.90 Å². The van der Waals surface area contributed by atoms with Crippen LogP contribution < -0.4 is 10.1 Å². The number of carbonyl (C=O) groups is 1. The highest BCUT2D eigenvalue weighted by atomic mass is 35.5. The standard InChI is InChI=1S/C23H27ClN4O3S/c1-16-26-21-12-19(6-7-22(21)32-16)31-15-18(29)14-27-8-10-28(11-9-27)23(30)25-13-17-4-2-3-5-20(17)24/h2-7,12,18,29H,8-11,13-15H2,1H3,(H,25,30)/t18-/m1/s1. The van der Waals surface area contributed by atoms with Crippen molar-refractivity contribution in [3.63, 3.8) is 0 Å². The molecule has 3 aromatic rings. The quantitative estimate of drug-likeness (QED) is 0.547. The van der Waals surface area contributed by atoms with E-state index in [2.05, 4.69) is 15.2 Å². The summed E-state index contributed by atoms with van der Waals surface area (Å²) < 4.78 is 6.90. The van der Waals surface area contributed by atoms with Crippen LogP contribution in [0.25, 0.3) is 10.2 Å². The van der Waals surface area contributed by atoms with Crippen molar-refractivity contribution in [3.8, 4) is 5.75 Å². The van der Waals surface area contributed by atoms with Crippen molar-refractivity contribution < 1.29 is 14.6 Å². The van der Waals surface area contributed by atoms with Gasteiger partial charge >= 0.3 is 6.03 Å². The van der Waals surface area contributed by atoms with Crippen LogP contribution >= 0.6 is 22.9 Å². The molecule has 1 atom stereocenters. The molecule has 170 valence electrons. The number of benzene rings is 2. The van der Waals surface area contributed by atoms with Crippen LogP contribution in [0.15, 0.2) is 42.5 Å². The van der Waals surface area contributed by atoms with Crippen molar-refractivity contribution in [1.29, 1.82) is 0 Å². The number of aliphatic hydroxyl groups excluding tert-OH is 1. The van der Waals surface area contributed by atoms with Gasteiger partial charge in [0.1, 0.15) is 18.5 Å². The number of ether oxygens (including phenoxy) is 1. The zero-order valence-corrected chi connectivity index (χ0v) is 19.5. The van der Waals surface area contributed by atoms with Gasteiger partial charge in [-0.1, -0.05) is 29.8 Å². The molecule has 1 aliphatic heterocycles. The van der Waals surface area contributed by atoms with Gasteiger partial charge in [0.05, 0.1) is 15.2 Å². The number of nitrogens with one attached hydrogen (secondary N) is 1. The number of piperazine rings is 1. The number of aryl methyl sites for hydroxylation is 1. The lowest BCUT2D eigenvalue weighted by Gasteiger charge is -2.35. The minimum atomic E-state index is -0.608. The number of fused-ring (bicyclic) bond motifs is 1. The van der Waals surface area contributed by atoms with Gasteiger partial charge in [0, 0.05) is 50.4 Å². The van der Waals surface area contributed by atoms with Crippen LogP contribution in [0.2, 0.25) is 5.02 Å². The fourth-order valence-electron chi connectivity index (χ4n) is 3.71. The van der Waals surface area contributed by atoms with E-state index in [4.69, 9.17) is 16.3 Å². The number of amides is 2. The lowest BCUT2D eigenvalue weighted by Crippen LogP contribution is -2.53. The largest absolute Gasteiger partial charge is 0.491 e. The molecular formula is C23H27ClN4O3S. The highest BCUT2D eigenvalue weighted by Crippen LogP contribution is 2.25. The van der Waals surface area contributed by atoms with Crippen LogP contribution in [0, 0.1) is 6.92 Å². The van der Waals surface area contributed by atoms with Gasteiger partial charge in [-0.3, -0.25) is 4.90 Å². The van der Waals surface area contributed by atoms with Crippen molar-refractivity contribution in [1.82, 2.24) is 20.1 Å². The van der Waals surface area contributed by atoms with E-state index < -0.39 is 6.10 Å². The van der Waals surface area contributed by atoms with Gasteiger partial charge in [-0.05, 0) is 30.7 Å². The number of thiazole rings is 1. The van der Waals surface area contributed by atoms with Crippen LogP contribution in [0.1, 0.15) is 10.6 Å². The fraction of sp³-hybridized carbons (Fsp3) is 0.391. The molecule has 1 saturated heterocycles. The molecule has 0 saturated carbocycles. The molecule has 0 radical (unpaired) electrons. The molecule has 4 rings (SSSR count). The molecule has 2 amide bonds. The summed E-state index contributed by atoms with van der Waals surface area (Å²) in [7, 11) is 0. The van der Waals surface area contributed by atoms with Crippen LogP contribution in [-0.4, -0.2) is 71.4 Å². The minimum absolute atomic E-state index is 0.0962. The Bertz CT molecular complexity index is 1070. The van der Waals surface area contributed by atoms with E-state index in [1.54, 1.807) is 16.2 Å². The number of urea groups is 1. The molecule has 2 heterocycles. The summed E-state index contributed by atoms with van der Waals surface area (Å²) in [5.74, 6) is 0.710.